The molecule has 0 atom stereocenters. The third-order valence-corrected chi connectivity index (χ3v) is 5.13. The number of hydrogen-bond acceptors (Lipinski definition) is 2. The highest BCUT2D eigenvalue weighted by Gasteiger charge is 2.16. The van der Waals surface area contributed by atoms with E-state index in [-0.39, 0.29) is 0 Å². The van der Waals surface area contributed by atoms with E-state index >= 15 is 0 Å². The number of terminal acetylenes is 1. The Bertz CT molecular complexity index is 1060. The average Bonchev–Trinajstić information content (AvgIpc) is 3.30. The standard InChI is InChI=1S/C21H16N3S/c1-2-14-24-19-5-3-4-6-20(19)25-21(24)12-9-17-7-10-18(11-8-17)23-15-13-22-16-23/h1,3-13,15-16H,14H2/q+1. The molecule has 0 fully saturated rings. The van der Waals surface area contributed by atoms with E-state index in [9.17, 15) is 0 Å². The minimum Gasteiger partial charge on any atom is -0.306 e. The molecule has 0 N–H and O–H groups in total. The van der Waals surface area contributed by atoms with Gasteiger partial charge in [0.2, 0.25) is 12.1 Å². The van der Waals surface area contributed by atoms with Crippen molar-refractivity contribution < 1.29 is 4.57 Å². The monoisotopic (exact) mass is 342 g/mol. The smallest absolute Gasteiger partial charge is 0.263 e. The molecule has 2 aromatic heterocycles. The third-order valence-electron chi connectivity index (χ3n) is 4.00. The van der Waals surface area contributed by atoms with Gasteiger partial charge in [-0.1, -0.05) is 35.6 Å². The summed E-state index contributed by atoms with van der Waals surface area (Å²) in [6, 6.07) is 16.7. The summed E-state index contributed by atoms with van der Waals surface area (Å²) in [7, 11) is 0. The van der Waals surface area contributed by atoms with Gasteiger partial charge in [-0.25, -0.2) is 4.98 Å². The topological polar surface area (TPSA) is 21.7 Å². The molecule has 0 saturated carbocycles. The van der Waals surface area contributed by atoms with E-state index in [1.807, 2.05) is 16.8 Å². The Balaban J connectivity index is 1.64. The number of nitrogens with zero attached hydrogens (tertiary/aromatic N) is 3. The maximum Gasteiger partial charge on any atom is 0.263 e. The van der Waals surface area contributed by atoms with Crippen molar-refractivity contribution in [2.24, 2.45) is 0 Å². The maximum atomic E-state index is 5.55. The van der Waals surface area contributed by atoms with Crippen LogP contribution in [-0.4, -0.2) is 9.55 Å². The van der Waals surface area contributed by atoms with Crippen LogP contribution >= 0.6 is 11.3 Å². The van der Waals surface area contributed by atoms with Crippen molar-refractivity contribution in [3.63, 3.8) is 0 Å². The SMILES string of the molecule is C#CC[n+]1c(/C=C/c2ccc(-n3ccnc3)cc2)sc2ccccc21. The number of aromatic nitrogens is 3. The van der Waals surface area contributed by atoms with Crippen LogP contribution in [0.25, 0.3) is 28.1 Å². The van der Waals surface area contributed by atoms with E-state index < -0.39 is 0 Å². The Labute approximate surface area is 150 Å². The number of para-hydroxylation sites is 1. The second-order valence-corrected chi connectivity index (χ2v) is 6.66. The molecule has 0 unspecified atom stereocenters. The molecule has 4 aromatic rings. The van der Waals surface area contributed by atoms with Crippen LogP contribution in [0.15, 0.2) is 67.3 Å². The fraction of sp³-hybridized carbons (Fsp3) is 0.0476. The molecular weight excluding hydrogens is 326 g/mol. The van der Waals surface area contributed by atoms with Crippen molar-refractivity contribution in [1.29, 1.82) is 0 Å². The lowest BCUT2D eigenvalue weighted by atomic mass is 10.2. The van der Waals surface area contributed by atoms with Crippen molar-refractivity contribution >= 4 is 33.7 Å². The number of thiazole rings is 1. The molecule has 2 aromatic carbocycles. The lowest BCUT2D eigenvalue weighted by Gasteiger charge is -2.01. The van der Waals surface area contributed by atoms with Crippen molar-refractivity contribution in [2.45, 2.75) is 6.54 Å². The molecule has 2 heterocycles. The van der Waals surface area contributed by atoms with E-state index in [0.717, 1.165) is 16.3 Å². The molecule has 4 rings (SSSR count). The van der Waals surface area contributed by atoms with Gasteiger partial charge in [-0.15, -0.1) is 6.42 Å². The summed E-state index contributed by atoms with van der Waals surface area (Å²) in [6.45, 7) is 0.573. The van der Waals surface area contributed by atoms with Gasteiger partial charge in [0.1, 0.15) is 4.70 Å². The Hall–Kier alpha value is -3.16. The number of benzene rings is 2. The third kappa shape index (κ3) is 3.10. The van der Waals surface area contributed by atoms with Crippen LogP contribution in [0.4, 0.5) is 0 Å². The highest BCUT2D eigenvalue weighted by molar-refractivity contribution is 7.18. The fourth-order valence-corrected chi connectivity index (χ4v) is 3.83. The zero-order valence-corrected chi connectivity index (χ0v) is 14.4. The van der Waals surface area contributed by atoms with Gasteiger partial charge in [0.05, 0.1) is 6.33 Å². The molecule has 0 aliphatic carbocycles. The van der Waals surface area contributed by atoms with Gasteiger partial charge in [0.15, 0.2) is 0 Å². The molecule has 0 aliphatic heterocycles. The summed E-state index contributed by atoms with van der Waals surface area (Å²) in [6.07, 6.45) is 15.3. The molecule has 25 heavy (non-hydrogen) atoms. The van der Waals surface area contributed by atoms with Gasteiger partial charge in [-0.2, -0.15) is 4.57 Å². The molecule has 0 radical (unpaired) electrons. The Morgan fingerprint density at radius 2 is 1.96 bits per heavy atom. The molecule has 0 bridgehead atoms. The second kappa shape index (κ2) is 6.76. The first-order chi connectivity index (χ1) is 12.3. The normalized spacial score (nSPS) is 11.2. The molecule has 120 valence electrons. The first kappa shape index (κ1) is 15.4. The lowest BCUT2D eigenvalue weighted by molar-refractivity contribution is -0.655. The number of rotatable bonds is 4. The summed E-state index contributed by atoms with van der Waals surface area (Å²) in [5.74, 6) is 2.75. The minimum atomic E-state index is 0.573. The van der Waals surface area contributed by atoms with Crippen LogP contribution in [0.3, 0.4) is 0 Å². The summed E-state index contributed by atoms with van der Waals surface area (Å²) in [4.78, 5) is 4.08. The van der Waals surface area contributed by atoms with Gasteiger partial charge in [-0.05, 0) is 35.8 Å². The molecule has 0 spiro atoms. The van der Waals surface area contributed by atoms with Gasteiger partial charge in [0, 0.05) is 30.2 Å². The summed E-state index contributed by atoms with van der Waals surface area (Å²) in [5.41, 5.74) is 3.42. The van der Waals surface area contributed by atoms with Crippen LogP contribution in [0.5, 0.6) is 0 Å². The van der Waals surface area contributed by atoms with Crippen LogP contribution in [0.1, 0.15) is 10.6 Å². The average molecular weight is 342 g/mol. The predicted molar refractivity (Wildman–Crippen MR) is 103 cm³/mol. The van der Waals surface area contributed by atoms with Crippen LogP contribution < -0.4 is 4.57 Å². The molecule has 0 saturated heterocycles. The van der Waals surface area contributed by atoms with Crippen molar-refractivity contribution in [3.05, 3.63) is 77.8 Å². The molecule has 0 amide bonds. The van der Waals surface area contributed by atoms with E-state index in [4.69, 9.17) is 6.42 Å². The number of hydrogen-bond donors (Lipinski definition) is 0. The molecule has 4 heteroatoms. The van der Waals surface area contributed by atoms with Gasteiger partial charge in [-0.3, -0.25) is 0 Å². The van der Waals surface area contributed by atoms with Crippen molar-refractivity contribution in [3.8, 4) is 18.0 Å². The van der Waals surface area contributed by atoms with E-state index in [1.54, 1.807) is 23.9 Å². The van der Waals surface area contributed by atoms with Gasteiger partial charge >= 0.3 is 0 Å². The lowest BCUT2D eigenvalue weighted by Crippen LogP contribution is -2.34. The number of imidazole rings is 1. The predicted octanol–water partition coefficient (Wildman–Crippen LogP) is 4.18. The molecular formula is C21H16N3S+. The zero-order valence-electron chi connectivity index (χ0n) is 13.5. The minimum absolute atomic E-state index is 0.573. The second-order valence-electron chi connectivity index (χ2n) is 5.59. The van der Waals surface area contributed by atoms with Gasteiger partial charge in [0.25, 0.3) is 5.01 Å². The Kier molecular flexibility index (Phi) is 4.16. The summed E-state index contributed by atoms with van der Waals surface area (Å²) >= 11 is 1.75. The summed E-state index contributed by atoms with van der Waals surface area (Å²) in [5, 5.41) is 1.15. The Morgan fingerprint density at radius 1 is 1.12 bits per heavy atom. The molecule has 3 nitrogen and oxygen atoms in total. The quantitative estimate of drug-likeness (QED) is 0.403. The molecule has 0 aliphatic rings. The summed E-state index contributed by atoms with van der Waals surface area (Å²) < 4.78 is 5.41. The van der Waals surface area contributed by atoms with Crippen LogP contribution in [0, 0.1) is 12.3 Å². The highest BCUT2D eigenvalue weighted by Crippen LogP contribution is 2.22. The first-order valence-electron chi connectivity index (χ1n) is 7.96. The largest absolute Gasteiger partial charge is 0.306 e. The zero-order chi connectivity index (χ0) is 17.1. The van der Waals surface area contributed by atoms with Crippen molar-refractivity contribution in [1.82, 2.24) is 9.55 Å². The van der Waals surface area contributed by atoms with Crippen LogP contribution in [0.2, 0.25) is 0 Å². The van der Waals surface area contributed by atoms with E-state index in [0.29, 0.717) is 6.54 Å². The van der Waals surface area contributed by atoms with Gasteiger partial charge < -0.3 is 4.57 Å². The highest BCUT2D eigenvalue weighted by atomic mass is 32.1. The number of fused-ring (bicyclic) bond motifs is 1. The first-order valence-corrected chi connectivity index (χ1v) is 8.78. The maximum absolute atomic E-state index is 5.55. The van der Waals surface area contributed by atoms with E-state index in [1.165, 1.54) is 10.2 Å². The fourth-order valence-electron chi connectivity index (χ4n) is 2.77. The van der Waals surface area contributed by atoms with Crippen molar-refractivity contribution in [2.75, 3.05) is 0 Å². The van der Waals surface area contributed by atoms with Crippen LogP contribution in [-0.2, 0) is 6.54 Å². The Morgan fingerprint density at radius 3 is 2.72 bits per heavy atom. The van der Waals surface area contributed by atoms with E-state index in [2.05, 4.69) is 70.1 Å².